The van der Waals surface area contributed by atoms with Crippen LogP contribution in [0, 0.1) is 0 Å². The van der Waals surface area contributed by atoms with E-state index in [2.05, 4.69) is 15.0 Å². The van der Waals surface area contributed by atoms with Gasteiger partial charge < -0.3 is 5.73 Å². The van der Waals surface area contributed by atoms with Gasteiger partial charge in [-0.05, 0) is 17.7 Å². The highest BCUT2D eigenvalue weighted by Gasteiger charge is 1.97. The van der Waals surface area contributed by atoms with Crippen LogP contribution in [0.4, 0.5) is 5.82 Å². The Morgan fingerprint density at radius 3 is 2.64 bits per heavy atom. The molecule has 0 radical (unpaired) electrons. The molecule has 2 aromatic heterocycles. The highest BCUT2D eigenvalue weighted by atomic mass is 14.9. The van der Waals surface area contributed by atoms with Crippen molar-refractivity contribution >= 4 is 5.82 Å². The van der Waals surface area contributed by atoms with E-state index in [1.165, 1.54) is 6.33 Å². The molecule has 70 valence electrons. The number of nitrogens with zero attached hydrogens (tertiary/aromatic N) is 3. The number of rotatable bonds is 2. The van der Waals surface area contributed by atoms with Crippen molar-refractivity contribution in [2.75, 3.05) is 5.73 Å². The molecule has 2 N–H and O–H groups in total. The fourth-order valence-corrected chi connectivity index (χ4v) is 1.22. The lowest BCUT2D eigenvalue weighted by Crippen LogP contribution is -1.96. The predicted octanol–water partition coefficient (Wildman–Crippen LogP) is 1.04. The van der Waals surface area contributed by atoms with Gasteiger partial charge in [-0.3, -0.25) is 4.98 Å². The molecule has 2 aromatic rings. The summed E-state index contributed by atoms with van der Waals surface area (Å²) in [6.45, 7) is 0. The van der Waals surface area contributed by atoms with Gasteiger partial charge in [-0.15, -0.1) is 0 Å². The van der Waals surface area contributed by atoms with Gasteiger partial charge in [-0.25, -0.2) is 9.97 Å². The van der Waals surface area contributed by atoms with E-state index in [0.717, 1.165) is 17.7 Å². The third kappa shape index (κ3) is 2.04. The minimum Gasteiger partial charge on any atom is -0.384 e. The van der Waals surface area contributed by atoms with Crippen LogP contribution in [-0.4, -0.2) is 15.0 Å². The van der Waals surface area contributed by atoms with Gasteiger partial charge in [0.25, 0.3) is 0 Å². The zero-order chi connectivity index (χ0) is 9.80. The first-order valence-corrected chi connectivity index (χ1v) is 4.30. The number of hydrogen-bond acceptors (Lipinski definition) is 4. The van der Waals surface area contributed by atoms with Gasteiger partial charge in [0.05, 0.1) is 5.69 Å². The molecule has 0 unspecified atom stereocenters. The molecule has 0 aliphatic rings. The van der Waals surface area contributed by atoms with Crippen molar-refractivity contribution < 1.29 is 0 Å². The highest BCUT2D eigenvalue weighted by molar-refractivity contribution is 5.30. The zero-order valence-electron chi connectivity index (χ0n) is 7.59. The largest absolute Gasteiger partial charge is 0.384 e. The Balaban J connectivity index is 2.19. The molecule has 0 atom stereocenters. The summed E-state index contributed by atoms with van der Waals surface area (Å²) in [5.74, 6) is 0.504. The maximum Gasteiger partial charge on any atom is 0.127 e. The highest BCUT2D eigenvalue weighted by Crippen LogP contribution is 2.06. The van der Waals surface area contributed by atoms with Gasteiger partial charge in [0.15, 0.2) is 0 Å². The third-order valence-electron chi connectivity index (χ3n) is 1.88. The van der Waals surface area contributed by atoms with Crippen LogP contribution in [0.5, 0.6) is 0 Å². The Morgan fingerprint density at radius 2 is 1.93 bits per heavy atom. The number of aromatic nitrogens is 3. The molecule has 4 heteroatoms. The van der Waals surface area contributed by atoms with Crippen LogP contribution in [0.2, 0.25) is 0 Å². The van der Waals surface area contributed by atoms with Crippen LogP contribution in [0.3, 0.4) is 0 Å². The fourth-order valence-electron chi connectivity index (χ4n) is 1.22. The van der Waals surface area contributed by atoms with Crippen molar-refractivity contribution in [2.24, 2.45) is 0 Å². The van der Waals surface area contributed by atoms with Crippen LogP contribution < -0.4 is 5.73 Å². The van der Waals surface area contributed by atoms with Gasteiger partial charge in [-0.1, -0.05) is 0 Å². The molecule has 0 saturated heterocycles. The minimum absolute atomic E-state index is 0.504. The fraction of sp³-hybridized carbons (Fsp3) is 0.100. The number of hydrogen-bond donors (Lipinski definition) is 1. The first kappa shape index (κ1) is 8.62. The Hall–Kier alpha value is -1.97. The summed E-state index contributed by atoms with van der Waals surface area (Å²) in [7, 11) is 0. The molecule has 0 spiro atoms. The minimum atomic E-state index is 0.504. The average Bonchev–Trinajstić information content (AvgIpc) is 2.19. The van der Waals surface area contributed by atoms with Gasteiger partial charge in [0.2, 0.25) is 0 Å². The normalized spacial score (nSPS) is 10.0. The molecule has 0 aromatic carbocycles. The van der Waals surface area contributed by atoms with Crippen LogP contribution >= 0.6 is 0 Å². The molecule has 0 fully saturated rings. The summed E-state index contributed by atoms with van der Waals surface area (Å²) in [5, 5.41) is 0. The van der Waals surface area contributed by atoms with E-state index in [1.807, 2.05) is 12.1 Å². The predicted molar refractivity (Wildman–Crippen MR) is 53.5 cm³/mol. The average molecular weight is 186 g/mol. The molecule has 0 saturated carbocycles. The topological polar surface area (TPSA) is 64.7 Å². The van der Waals surface area contributed by atoms with E-state index >= 15 is 0 Å². The van der Waals surface area contributed by atoms with Gasteiger partial charge >= 0.3 is 0 Å². The molecule has 0 amide bonds. The van der Waals surface area contributed by atoms with Gasteiger partial charge in [-0.2, -0.15) is 0 Å². The molecular weight excluding hydrogens is 176 g/mol. The third-order valence-corrected chi connectivity index (χ3v) is 1.88. The van der Waals surface area contributed by atoms with E-state index in [4.69, 9.17) is 5.73 Å². The number of nitrogens with two attached hydrogens (primary N) is 1. The SMILES string of the molecule is Nc1cc(Cc2ccncc2)ncn1. The number of pyridine rings is 1. The smallest absolute Gasteiger partial charge is 0.127 e. The maximum absolute atomic E-state index is 5.55. The molecule has 14 heavy (non-hydrogen) atoms. The molecule has 0 bridgehead atoms. The molecular formula is C10H10N4. The second-order valence-corrected chi connectivity index (χ2v) is 2.97. The van der Waals surface area contributed by atoms with Crippen LogP contribution in [0.15, 0.2) is 36.9 Å². The molecule has 4 nitrogen and oxygen atoms in total. The second-order valence-electron chi connectivity index (χ2n) is 2.97. The molecule has 0 aliphatic heterocycles. The lowest BCUT2D eigenvalue weighted by atomic mass is 10.1. The van der Waals surface area contributed by atoms with Crippen LogP contribution in [0.1, 0.15) is 11.3 Å². The first-order chi connectivity index (χ1) is 6.84. The molecule has 2 heterocycles. The Kier molecular flexibility index (Phi) is 2.36. The van der Waals surface area contributed by atoms with Crippen LogP contribution in [-0.2, 0) is 6.42 Å². The van der Waals surface area contributed by atoms with Crippen LogP contribution in [0.25, 0.3) is 0 Å². The Morgan fingerprint density at radius 1 is 1.14 bits per heavy atom. The summed E-state index contributed by atoms with van der Waals surface area (Å²) < 4.78 is 0. The van der Waals surface area contributed by atoms with Crippen molar-refractivity contribution in [1.29, 1.82) is 0 Å². The molecule has 2 rings (SSSR count). The standard InChI is InChI=1S/C10H10N4/c11-10-6-9(13-7-14-10)5-8-1-3-12-4-2-8/h1-4,6-7H,5H2,(H2,11,13,14). The maximum atomic E-state index is 5.55. The van der Waals surface area contributed by atoms with E-state index in [9.17, 15) is 0 Å². The van der Waals surface area contributed by atoms with Crippen molar-refractivity contribution in [2.45, 2.75) is 6.42 Å². The Bertz CT molecular complexity index is 413. The van der Waals surface area contributed by atoms with E-state index in [0.29, 0.717) is 5.82 Å². The quantitative estimate of drug-likeness (QED) is 0.761. The summed E-state index contributed by atoms with van der Waals surface area (Å²) in [6, 6.07) is 5.69. The first-order valence-electron chi connectivity index (χ1n) is 4.30. The van der Waals surface area contributed by atoms with Crippen molar-refractivity contribution in [3.05, 3.63) is 48.2 Å². The van der Waals surface area contributed by atoms with Gasteiger partial charge in [0, 0.05) is 24.9 Å². The zero-order valence-corrected chi connectivity index (χ0v) is 7.59. The number of nitrogen functional groups attached to an aromatic ring is 1. The van der Waals surface area contributed by atoms with Gasteiger partial charge in [0.1, 0.15) is 12.1 Å². The lowest BCUT2D eigenvalue weighted by molar-refractivity contribution is 1.03. The van der Waals surface area contributed by atoms with Crippen molar-refractivity contribution in [3.8, 4) is 0 Å². The summed E-state index contributed by atoms with van der Waals surface area (Å²) in [5.41, 5.74) is 7.63. The second kappa shape index (κ2) is 3.83. The lowest BCUT2D eigenvalue weighted by Gasteiger charge is -2.00. The van der Waals surface area contributed by atoms with E-state index in [-0.39, 0.29) is 0 Å². The van der Waals surface area contributed by atoms with E-state index < -0.39 is 0 Å². The summed E-state index contributed by atoms with van der Waals surface area (Å²) in [6.07, 6.45) is 5.76. The summed E-state index contributed by atoms with van der Waals surface area (Å²) >= 11 is 0. The Labute approximate surface area is 81.9 Å². The van der Waals surface area contributed by atoms with Crippen molar-refractivity contribution in [1.82, 2.24) is 15.0 Å². The number of anilines is 1. The van der Waals surface area contributed by atoms with E-state index in [1.54, 1.807) is 18.5 Å². The van der Waals surface area contributed by atoms with Crippen molar-refractivity contribution in [3.63, 3.8) is 0 Å². The monoisotopic (exact) mass is 186 g/mol. The summed E-state index contributed by atoms with van der Waals surface area (Å²) in [4.78, 5) is 11.9. The molecule has 0 aliphatic carbocycles.